The van der Waals surface area contributed by atoms with Crippen LogP contribution < -0.4 is 20.7 Å². The van der Waals surface area contributed by atoms with Crippen LogP contribution in [0, 0.1) is 5.92 Å². The first-order chi connectivity index (χ1) is 19.4. The Morgan fingerprint density at radius 1 is 0.825 bits per heavy atom. The molecule has 0 spiro atoms. The maximum absolute atomic E-state index is 13.0. The fourth-order valence-electron chi connectivity index (χ4n) is 4.15. The minimum Gasteiger partial charge on any atom is -0.497 e. The van der Waals surface area contributed by atoms with Crippen LogP contribution in [0.15, 0.2) is 84.9 Å². The van der Waals surface area contributed by atoms with Crippen molar-refractivity contribution in [1.29, 1.82) is 0 Å². The number of hydrogen-bond acceptors (Lipinski definition) is 5. The van der Waals surface area contributed by atoms with E-state index in [-0.39, 0.29) is 36.6 Å². The first-order valence-corrected chi connectivity index (χ1v) is 13.6. The van der Waals surface area contributed by atoms with Crippen LogP contribution in [0.3, 0.4) is 0 Å². The Bertz CT molecular complexity index is 1160. The molecule has 3 amide bonds. The number of anilines is 1. The number of rotatable bonds is 16. The third-order valence-corrected chi connectivity index (χ3v) is 6.44. The molecule has 8 heteroatoms. The van der Waals surface area contributed by atoms with Crippen LogP contribution in [-0.2, 0) is 27.4 Å². The van der Waals surface area contributed by atoms with Crippen LogP contribution in [0.25, 0.3) is 0 Å². The normalized spacial score (nSPS) is 12.2. The number of ether oxygens (including phenoxy) is 2. The molecule has 0 radical (unpaired) electrons. The monoisotopic (exact) mass is 545 g/mol. The van der Waals surface area contributed by atoms with Gasteiger partial charge >= 0.3 is 6.03 Å². The van der Waals surface area contributed by atoms with Crippen molar-refractivity contribution in [2.45, 2.75) is 45.3 Å². The average Bonchev–Trinajstić information content (AvgIpc) is 2.97. The summed E-state index contributed by atoms with van der Waals surface area (Å²) >= 11 is 0. The molecule has 0 saturated carbocycles. The van der Waals surface area contributed by atoms with E-state index in [1.165, 1.54) is 0 Å². The van der Waals surface area contributed by atoms with Crippen LogP contribution in [0.1, 0.15) is 37.3 Å². The highest BCUT2D eigenvalue weighted by atomic mass is 16.5. The van der Waals surface area contributed by atoms with Gasteiger partial charge < -0.3 is 25.4 Å². The maximum Gasteiger partial charge on any atom is 0.319 e. The van der Waals surface area contributed by atoms with E-state index in [0.29, 0.717) is 43.9 Å². The van der Waals surface area contributed by atoms with Crippen molar-refractivity contribution in [3.63, 3.8) is 0 Å². The highest BCUT2D eigenvalue weighted by Crippen LogP contribution is 2.16. The molecule has 2 unspecified atom stereocenters. The fourth-order valence-corrected chi connectivity index (χ4v) is 4.15. The van der Waals surface area contributed by atoms with Crippen molar-refractivity contribution in [3.8, 4) is 5.75 Å². The number of Topliss-reactive ketones (excluding diaryl/α,β-unsaturated/α-hetero) is 1. The van der Waals surface area contributed by atoms with Crippen molar-refractivity contribution >= 4 is 23.4 Å². The van der Waals surface area contributed by atoms with E-state index in [1.807, 2.05) is 67.6 Å². The summed E-state index contributed by atoms with van der Waals surface area (Å²) in [7, 11) is 1.57. The largest absolute Gasteiger partial charge is 0.497 e. The van der Waals surface area contributed by atoms with Gasteiger partial charge in [-0.25, -0.2) is 4.79 Å². The Morgan fingerprint density at radius 2 is 1.52 bits per heavy atom. The number of nitrogens with one attached hydrogen (secondary N) is 3. The molecule has 3 aromatic carbocycles. The van der Waals surface area contributed by atoms with Crippen molar-refractivity contribution in [2.24, 2.45) is 5.92 Å². The SMILES string of the molecule is COc1cccc(NC(=O)NCCC(C)CC(=O)NCC(=O)C(CCc2ccccc2)OCc2ccccc2)c1. The minimum absolute atomic E-state index is 0.0235. The number of carbonyl (C=O) groups is 3. The summed E-state index contributed by atoms with van der Waals surface area (Å²) in [5.41, 5.74) is 2.75. The summed E-state index contributed by atoms with van der Waals surface area (Å²) in [6.07, 6.45) is 1.49. The summed E-state index contributed by atoms with van der Waals surface area (Å²) < 4.78 is 11.2. The first kappa shape index (κ1) is 30.4. The van der Waals surface area contributed by atoms with E-state index in [1.54, 1.807) is 31.4 Å². The number of amides is 3. The molecule has 0 aliphatic carbocycles. The molecule has 0 bridgehead atoms. The van der Waals surface area contributed by atoms with Gasteiger partial charge in [-0.3, -0.25) is 9.59 Å². The molecule has 212 valence electrons. The van der Waals surface area contributed by atoms with Gasteiger partial charge in [0.2, 0.25) is 5.91 Å². The highest BCUT2D eigenvalue weighted by Gasteiger charge is 2.20. The second-order valence-electron chi connectivity index (χ2n) is 9.76. The van der Waals surface area contributed by atoms with Crippen LogP contribution >= 0.6 is 0 Å². The Morgan fingerprint density at radius 3 is 2.23 bits per heavy atom. The van der Waals surface area contributed by atoms with Gasteiger partial charge in [0.25, 0.3) is 0 Å². The predicted octanol–water partition coefficient (Wildman–Crippen LogP) is 5.14. The third-order valence-electron chi connectivity index (χ3n) is 6.44. The van der Waals surface area contributed by atoms with Crippen molar-refractivity contribution in [2.75, 3.05) is 25.5 Å². The smallest absolute Gasteiger partial charge is 0.319 e. The molecule has 0 fully saturated rings. The van der Waals surface area contributed by atoms with Gasteiger partial charge in [0, 0.05) is 24.7 Å². The van der Waals surface area contributed by atoms with Gasteiger partial charge in [0.1, 0.15) is 11.9 Å². The van der Waals surface area contributed by atoms with Gasteiger partial charge in [0.05, 0.1) is 20.3 Å². The lowest BCUT2D eigenvalue weighted by molar-refractivity contribution is -0.133. The number of aryl methyl sites for hydroxylation is 1. The Labute approximate surface area is 236 Å². The van der Waals surface area contributed by atoms with E-state index < -0.39 is 6.10 Å². The van der Waals surface area contributed by atoms with E-state index in [4.69, 9.17) is 9.47 Å². The quantitative estimate of drug-likeness (QED) is 0.231. The van der Waals surface area contributed by atoms with Crippen molar-refractivity contribution in [3.05, 3.63) is 96.1 Å². The second-order valence-corrected chi connectivity index (χ2v) is 9.76. The molecule has 0 aromatic heterocycles. The molecular formula is C32H39N3O5. The Kier molecular flexibility index (Phi) is 12.7. The third kappa shape index (κ3) is 11.3. The lowest BCUT2D eigenvalue weighted by atomic mass is 10.0. The molecule has 8 nitrogen and oxygen atoms in total. The zero-order valence-electron chi connectivity index (χ0n) is 23.2. The molecule has 40 heavy (non-hydrogen) atoms. The van der Waals surface area contributed by atoms with Crippen molar-refractivity contribution < 1.29 is 23.9 Å². The summed E-state index contributed by atoms with van der Waals surface area (Å²) in [5.74, 6) is 0.326. The van der Waals surface area contributed by atoms with Crippen LogP contribution in [0.5, 0.6) is 5.75 Å². The van der Waals surface area contributed by atoms with Gasteiger partial charge in [0.15, 0.2) is 5.78 Å². The molecule has 2 atom stereocenters. The van der Waals surface area contributed by atoms with Crippen LogP contribution in [-0.4, -0.2) is 44.0 Å². The van der Waals surface area contributed by atoms with E-state index in [9.17, 15) is 14.4 Å². The molecule has 0 aliphatic rings. The highest BCUT2D eigenvalue weighted by molar-refractivity contribution is 5.90. The second kappa shape index (κ2) is 16.7. The lowest BCUT2D eigenvalue weighted by Gasteiger charge is -2.18. The number of ketones is 1. The summed E-state index contributed by atoms with van der Waals surface area (Å²) in [6, 6.07) is 26.4. The molecule has 3 N–H and O–H groups in total. The molecule has 3 aromatic rings. The number of urea groups is 1. The molecule has 0 saturated heterocycles. The zero-order valence-corrected chi connectivity index (χ0v) is 23.2. The molecule has 3 rings (SSSR count). The van der Waals surface area contributed by atoms with Gasteiger partial charge in [-0.2, -0.15) is 0 Å². The maximum atomic E-state index is 13.0. The summed E-state index contributed by atoms with van der Waals surface area (Å²) in [5, 5.41) is 8.31. The number of hydrogen-bond donors (Lipinski definition) is 3. The number of carbonyl (C=O) groups excluding carboxylic acids is 3. The summed E-state index contributed by atoms with van der Waals surface area (Å²) in [6.45, 7) is 2.60. The number of methoxy groups -OCH3 is 1. The van der Waals surface area contributed by atoms with E-state index >= 15 is 0 Å². The standard InChI is InChI=1S/C32H39N3O5/c1-24(18-19-33-32(38)35-27-14-9-15-28(21-27)39-2)20-31(37)34-22-29(36)30(17-16-25-10-5-3-6-11-25)40-23-26-12-7-4-8-13-26/h3-15,21,24,30H,16-20,22-23H2,1-2H3,(H,34,37)(H2,33,35,38). The van der Waals surface area contributed by atoms with E-state index in [2.05, 4.69) is 16.0 Å². The zero-order chi connectivity index (χ0) is 28.6. The Hall–Kier alpha value is -4.17. The summed E-state index contributed by atoms with van der Waals surface area (Å²) in [4.78, 5) is 37.7. The van der Waals surface area contributed by atoms with Crippen molar-refractivity contribution in [1.82, 2.24) is 10.6 Å². The molecule has 0 aliphatic heterocycles. The first-order valence-electron chi connectivity index (χ1n) is 13.6. The minimum atomic E-state index is -0.620. The van der Waals surface area contributed by atoms with E-state index in [0.717, 1.165) is 11.1 Å². The predicted molar refractivity (Wildman–Crippen MR) is 156 cm³/mol. The van der Waals surface area contributed by atoms with Gasteiger partial charge in [-0.15, -0.1) is 0 Å². The Balaban J connectivity index is 1.39. The fraction of sp³-hybridized carbons (Fsp3) is 0.344. The lowest BCUT2D eigenvalue weighted by Crippen LogP contribution is -2.37. The van der Waals surface area contributed by atoms with Crippen LogP contribution in [0.4, 0.5) is 10.5 Å². The van der Waals surface area contributed by atoms with Gasteiger partial charge in [-0.1, -0.05) is 73.7 Å². The molecule has 0 heterocycles. The topological polar surface area (TPSA) is 106 Å². The van der Waals surface area contributed by atoms with Gasteiger partial charge in [-0.05, 0) is 48.4 Å². The van der Waals surface area contributed by atoms with Crippen LogP contribution in [0.2, 0.25) is 0 Å². The average molecular weight is 546 g/mol. The number of benzene rings is 3. The molecular weight excluding hydrogens is 506 g/mol.